The van der Waals surface area contributed by atoms with Crippen molar-refractivity contribution < 1.29 is 28.8 Å². The fourth-order valence-corrected chi connectivity index (χ4v) is 5.53. The third-order valence-electron chi connectivity index (χ3n) is 5.27. The van der Waals surface area contributed by atoms with Gasteiger partial charge in [0.1, 0.15) is 18.0 Å². The first-order chi connectivity index (χ1) is 16.9. The minimum Gasteiger partial charge on any atom is -0.481 e. The number of benzene rings is 1. The first-order valence-corrected chi connectivity index (χ1v) is 12.6. The van der Waals surface area contributed by atoms with Gasteiger partial charge in [-0.1, -0.05) is 6.07 Å². The van der Waals surface area contributed by atoms with Crippen LogP contribution in [0.1, 0.15) is 17.4 Å². The Bertz CT molecular complexity index is 1140. The molecule has 184 valence electrons. The van der Waals surface area contributed by atoms with Gasteiger partial charge in [0.05, 0.1) is 23.7 Å². The summed E-state index contributed by atoms with van der Waals surface area (Å²) in [6, 6.07) is 8.52. The Hall–Kier alpha value is -3.45. The number of amides is 2. The zero-order valence-corrected chi connectivity index (χ0v) is 20.3. The standard InChI is InChI=1S/C22H22N4O7S2/c1-2-32-17-12-35-21-18(23-16(27)10-15-4-3-9-34-15)20(28)25(21)19(24-17)22(29)33-11-13-5-7-14(8-6-13)26(30)31/h3-9,18-19,21H,2,10-12H2,1H3,(H,23,27)/t18?,19-,21?/m1/s1. The van der Waals surface area contributed by atoms with Crippen molar-refractivity contribution in [3.8, 4) is 0 Å². The molecule has 3 heterocycles. The van der Waals surface area contributed by atoms with Gasteiger partial charge in [-0.3, -0.25) is 24.6 Å². The van der Waals surface area contributed by atoms with Crippen molar-refractivity contribution >= 4 is 52.5 Å². The van der Waals surface area contributed by atoms with Crippen molar-refractivity contribution in [3.05, 3.63) is 62.3 Å². The minimum absolute atomic E-state index is 0.0759. The fourth-order valence-electron chi connectivity index (χ4n) is 3.60. The number of aliphatic imine (C=N–C) groups is 1. The number of carbonyl (C=O) groups is 3. The smallest absolute Gasteiger partial charge is 0.352 e. The number of nitrogens with zero attached hydrogens (tertiary/aromatic N) is 3. The first-order valence-electron chi connectivity index (χ1n) is 10.7. The number of hydrogen-bond donors (Lipinski definition) is 1. The lowest BCUT2D eigenvalue weighted by Crippen LogP contribution is -2.72. The van der Waals surface area contributed by atoms with Crippen LogP contribution in [0.3, 0.4) is 0 Å². The fraction of sp³-hybridized carbons (Fsp3) is 0.364. The van der Waals surface area contributed by atoms with Crippen LogP contribution in [-0.4, -0.2) is 63.4 Å². The maximum atomic E-state index is 13.0. The molecule has 0 bridgehead atoms. The number of fused-ring (bicyclic) bond motifs is 1. The Morgan fingerprint density at radius 3 is 2.71 bits per heavy atom. The number of β-lactam (4-membered cyclic amide) rings is 1. The van der Waals surface area contributed by atoms with Gasteiger partial charge in [-0.15, -0.1) is 23.1 Å². The van der Waals surface area contributed by atoms with Crippen molar-refractivity contribution in [2.24, 2.45) is 4.99 Å². The van der Waals surface area contributed by atoms with Crippen molar-refractivity contribution in [3.63, 3.8) is 0 Å². The Morgan fingerprint density at radius 2 is 2.06 bits per heavy atom. The highest BCUT2D eigenvalue weighted by molar-refractivity contribution is 8.00. The molecule has 0 radical (unpaired) electrons. The van der Waals surface area contributed by atoms with Crippen LogP contribution in [0.2, 0.25) is 0 Å². The summed E-state index contributed by atoms with van der Waals surface area (Å²) in [6.07, 6.45) is -1.09. The molecule has 2 aliphatic rings. The highest BCUT2D eigenvalue weighted by atomic mass is 32.2. The quantitative estimate of drug-likeness (QED) is 0.242. The number of carbonyl (C=O) groups excluding carboxylic acids is 3. The molecule has 1 saturated heterocycles. The van der Waals surface area contributed by atoms with Crippen LogP contribution in [0.5, 0.6) is 0 Å². The van der Waals surface area contributed by atoms with Gasteiger partial charge in [-0.25, -0.2) is 9.79 Å². The van der Waals surface area contributed by atoms with Crippen LogP contribution in [0.15, 0.2) is 46.8 Å². The average molecular weight is 519 g/mol. The van der Waals surface area contributed by atoms with E-state index in [4.69, 9.17) is 9.47 Å². The second-order valence-electron chi connectivity index (χ2n) is 7.61. The zero-order valence-electron chi connectivity index (χ0n) is 18.6. The second-order valence-corrected chi connectivity index (χ2v) is 9.75. The van der Waals surface area contributed by atoms with Crippen molar-refractivity contribution in [2.75, 3.05) is 12.4 Å². The topological polar surface area (TPSA) is 140 Å². The van der Waals surface area contributed by atoms with Crippen LogP contribution in [0.4, 0.5) is 5.69 Å². The highest BCUT2D eigenvalue weighted by Crippen LogP contribution is 2.35. The van der Waals surface area contributed by atoms with Crippen LogP contribution in [0.25, 0.3) is 0 Å². The molecule has 13 heteroatoms. The van der Waals surface area contributed by atoms with E-state index in [1.165, 1.54) is 52.3 Å². The predicted molar refractivity (Wildman–Crippen MR) is 129 cm³/mol. The molecule has 0 saturated carbocycles. The van der Waals surface area contributed by atoms with Gasteiger partial charge in [-0.2, -0.15) is 0 Å². The number of rotatable bonds is 8. The summed E-state index contributed by atoms with van der Waals surface area (Å²) < 4.78 is 10.9. The van der Waals surface area contributed by atoms with Crippen LogP contribution < -0.4 is 5.32 Å². The summed E-state index contributed by atoms with van der Waals surface area (Å²) in [5.41, 5.74) is 0.471. The van der Waals surface area contributed by atoms with Gasteiger partial charge < -0.3 is 14.8 Å². The predicted octanol–water partition coefficient (Wildman–Crippen LogP) is 2.10. The Morgan fingerprint density at radius 1 is 1.29 bits per heavy atom. The Kier molecular flexibility index (Phi) is 7.66. The highest BCUT2D eigenvalue weighted by Gasteiger charge is 2.55. The molecule has 0 spiro atoms. The normalized spacial score (nSPS) is 21.2. The number of nitro groups is 1. The van der Waals surface area contributed by atoms with Crippen molar-refractivity contribution in [2.45, 2.75) is 37.5 Å². The summed E-state index contributed by atoms with van der Waals surface area (Å²) in [4.78, 5) is 55.2. The molecule has 2 amide bonds. The molecular weight excluding hydrogens is 496 g/mol. The molecule has 1 N–H and O–H groups in total. The van der Waals surface area contributed by atoms with Gasteiger partial charge in [0, 0.05) is 17.0 Å². The van der Waals surface area contributed by atoms with E-state index in [0.717, 1.165) is 4.88 Å². The number of nitro benzene ring substituents is 1. The second kappa shape index (κ2) is 10.9. The summed E-state index contributed by atoms with van der Waals surface area (Å²) in [7, 11) is 0. The van der Waals surface area contributed by atoms with Gasteiger partial charge in [0.15, 0.2) is 5.90 Å². The van der Waals surface area contributed by atoms with Gasteiger partial charge >= 0.3 is 5.97 Å². The molecule has 0 aliphatic carbocycles. The lowest BCUT2D eigenvalue weighted by Gasteiger charge is -2.47. The van der Waals surface area contributed by atoms with Crippen LogP contribution in [-0.2, 0) is 36.9 Å². The van der Waals surface area contributed by atoms with E-state index < -0.39 is 34.4 Å². The molecule has 11 nitrogen and oxygen atoms in total. The molecular formula is C22H22N4O7S2. The third-order valence-corrected chi connectivity index (χ3v) is 7.40. The SMILES string of the molecule is CCOC1=N[C@@H](C(=O)OCc2ccc([N+](=O)[O-])cc2)N2C(=O)C(NC(=O)Cc3cccs3)C2SC1. The van der Waals surface area contributed by atoms with E-state index in [2.05, 4.69) is 10.3 Å². The first kappa shape index (κ1) is 24.7. The number of hydrogen-bond acceptors (Lipinski definition) is 10. The number of thioether (sulfide) groups is 1. The molecule has 1 aromatic heterocycles. The molecule has 1 fully saturated rings. The number of thiophene rings is 1. The lowest BCUT2D eigenvalue weighted by molar-refractivity contribution is -0.384. The number of non-ortho nitro benzene ring substituents is 1. The molecule has 3 atom stereocenters. The molecule has 2 aromatic rings. The van der Waals surface area contributed by atoms with Crippen LogP contribution in [0, 0.1) is 10.1 Å². The summed E-state index contributed by atoms with van der Waals surface area (Å²) in [5, 5.41) is 14.9. The largest absolute Gasteiger partial charge is 0.481 e. The van der Waals surface area contributed by atoms with E-state index >= 15 is 0 Å². The van der Waals surface area contributed by atoms with Crippen molar-refractivity contribution in [1.82, 2.24) is 10.2 Å². The molecule has 1 aromatic carbocycles. The Labute approximate surface area is 208 Å². The Balaban J connectivity index is 1.43. The summed E-state index contributed by atoms with van der Waals surface area (Å²) in [5.74, 6) is -0.837. The number of ether oxygens (including phenoxy) is 2. The summed E-state index contributed by atoms with van der Waals surface area (Å²) in [6.45, 7) is 1.98. The van der Waals surface area contributed by atoms with Gasteiger partial charge in [0.25, 0.3) is 11.6 Å². The van der Waals surface area contributed by atoms with E-state index in [1.54, 1.807) is 6.92 Å². The number of esters is 1. The molecule has 2 unspecified atom stereocenters. The average Bonchev–Trinajstić information content (AvgIpc) is 3.29. The van der Waals surface area contributed by atoms with Crippen LogP contribution >= 0.6 is 23.1 Å². The van der Waals surface area contributed by atoms with Crippen molar-refractivity contribution in [1.29, 1.82) is 0 Å². The maximum Gasteiger partial charge on any atom is 0.352 e. The third kappa shape index (κ3) is 5.62. The molecule has 4 rings (SSSR count). The van der Waals surface area contributed by atoms with E-state index in [0.29, 0.717) is 23.8 Å². The van der Waals surface area contributed by atoms with Gasteiger partial charge in [0.2, 0.25) is 12.1 Å². The monoisotopic (exact) mass is 518 g/mol. The summed E-state index contributed by atoms with van der Waals surface area (Å²) >= 11 is 2.81. The number of nitrogens with one attached hydrogen (secondary N) is 1. The van der Waals surface area contributed by atoms with E-state index in [-0.39, 0.29) is 24.6 Å². The maximum absolute atomic E-state index is 13.0. The molecule has 35 heavy (non-hydrogen) atoms. The zero-order chi connectivity index (χ0) is 24.9. The van der Waals surface area contributed by atoms with Gasteiger partial charge in [-0.05, 0) is 36.1 Å². The minimum atomic E-state index is -1.26. The molecule has 2 aliphatic heterocycles. The van der Waals surface area contributed by atoms with E-state index in [9.17, 15) is 24.5 Å². The lowest BCUT2D eigenvalue weighted by atomic mass is 10.1. The van der Waals surface area contributed by atoms with E-state index in [1.807, 2.05) is 17.5 Å².